The molecule has 0 bridgehead atoms. The van der Waals surface area contributed by atoms with E-state index in [1.54, 1.807) is 24.5 Å². The van der Waals surface area contributed by atoms with E-state index in [1.165, 1.54) is 12.1 Å². The zero-order valence-corrected chi connectivity index (χ0v) is 15.1. The van der Waals surface area contributed by atoms with E-state index in [0.717, 1.165) is 22.4 Å². The molecular weight excluding hydrogens is 355 g/mol. The summed E-state index contributed by atoms with van der Waals surface area (Å²) in [7, 11) is 0. The Hall–Kier alpha value is -3.67. The number of nitrogens with zero attached hydrogens (tertiary/aromatic N) is 2. The van der Waals surface area contributed by atoms with Crippen LogP contribution in [-0.4, -0.2) is 14.8 Å². The van der Waals surface area contributed by atoms with Crippen molar-refractivity contribution in [2.45, 2.75) is 13.1 Å². The van der Waals surface area contributed by atoms with Gasteiger partial charge in [0.15, 0.2) is 0 Å². The number of rotatable bonds is 6. The number of hydrogen-bond donors (Lipinski definition) is 2. The van der Waals surface area contributed by atoms with Crippen molar-refractivity contribution >= 4 is 5.69 Å². The number of benzene rings is 2. The van der Waals surface area contributed by atoms with Gasteiger partial charge in [-0.3, -0.25) is 9.48 Å². The molecule has 4 rings (SSSR count). The van der Waals surface area contributed by atoms with E-state index >= 15 is 0 Å². The Morgan fingerprint density at radius 1 is 1.04 bits per heavy atom. The number of H-pyrrole nitrogens is 1. The van der Waals surface area contributed by atoms with Gasteiger partial charge in [-0.05, 0) is 53.1 Å². The van der Waals surface area contributed by atoms with E-state index in [0.29, 0.717) is 18.7 Å². The molecule has 0 saturated heterocycles. The Balaban J connectivity index is 1.45. The standard InChI is InChI=1S/C22H19FN4O/c23-20-6-4-17(5-7-20)18-12-19(22(28)25-13-18)14-24-21-8-2-16(3-9-21)15-27-11-1-10-26-27/h1-13,24H,14-15H2,(H,25,28). The average Bonchev–Trinajstić information content (AvgIpc) is 3.22. The monoisotopic (exact) mass is 374 g/mol. The smallest absolute Gasteiger partial charge is 0.252 e. The van der Waals surface area contributed by atoms with Crippen LogP contribution < -0.4 is 10.9 Å². The lowest BCUT2D eigenvalue weighted by Crippen LogP contribution is -2.15. The van der Waals surface area contributed by atoms with Crippen LogP contribution in [0.3, 0.4) is 0 Å². The Bertz CT molecular complexity index is 1100. The third-order valence-electron chi connectivity index (χ3n) is 4.50. The van der Waals surface area contributed by atoms with Gasteiger partial charge in [-0.1, -0.05) is 24.3 Å². The Kier molecular flexibility index (Phi) is 5.01. The van der Waals surface area contributed by atoms with Crippen molar-refractivity contribution < 1.29 is 4.39 Å². The summed E-state index contributed by atoms with van der Waals surface area (Å²) in [5, 5.41) is 7.47. The van der Waals surface area contributed by atoms with Crippen molar-refractivity contribution in [3.8, 4) is 11.1 Å². The number of aromatic nitrogens is 3. The van der Waals surface area contributed by atoms with Crippen LogP contribution in [0.5, 0.6) is 0 Å². The van der Waals surface area contributed by atoms with Crippen LogP contribution in [0.2, 0.25) is 0 Å². The fourth-order valence-electron chi connectivity index (χ4n) is 2.98. The molecule has 5 nitrogen and oxygen atoms in total. The van der Waals surface area contributed by atoms with Crippen molar-refractivity contribution in [3.05, 3.63) is 107 Å². The normalized spacial score (nSPS) is 10.8. The Morgan fingerprint density at radius 2 is 1.82 bits per heavy atom. The van der Waals surface area contributed by atoms with Crippen molar-refractivity contribution in [2.24, 2.45) is 0 Å². The SMILES string of the molecule is O=c1[nH]cc(-c2ccc(F)cc2)cc1CNc1ccc(Cn2cccn2)cc1. The molecule has 2 aromatic carbocycles. The van der Waals surface area contributed by atoms with Gasteiger partial charge in [0, 0.05) is 36.4 Å². The van der Waals surface area contributed by atoms with Crippen molar-refractivity contribution in [3.63, 3.8) is 0 Å². The van der Waals surface area contributed by atoms with Crippen LogP contribution in [0.4, 0.5) is 10.1 Å². The second-order valence-corrected chi connectivity index (χ2v) is 6.50. The summed E-state index contributed by atoms with van der Waals surface area (Å²) in [5.41, 5.74) is 4.23. The second-order valence-electron chi connectivity index (χ2n) is 6.50. The maximum absolute atomic E-state index is 13.1. The highest BCUT2D eigenvalue weighted by atomic mass is 19.1. The molecule has 0 atom stereocenters. The fraction of sp³-hybridized carbons (Fsp3) is 0.0909. The highest BCUT2D eigenvalue weighted by Crippen LogP contribution is 2.19. The molecule has 0 aliphatic carbocycles. The lowest BCUT2D eigenvalue weighted by Gasteiger charge is -2.09. The summed E-state index contributed by atoms with van der Waals surface area (Å²) < 4.78 is 15.0. The molecule has 6 heteroatoms. The highest BCUT2D eigenvalue weighted by molar-refractivity contribution is 5.63. The summed E-state index contributed by atoms with van der Waals surface area (Å²) in [6.45, 7) is 1.11. The zero-order chi connectivity index (χ0) is 19.3. The molecule has 0 aliphatic rings. The molecule has 2 heterocycles. The van der Waals surface area contributed by atoms with Gasteiger partial charge in [0.25, 0.3) is 5.56 Å². The molecule has 0 radical (unpaired) electrons. The summed E-state index contributed by atoms with van der Waals surface area (Å²) >= 11 is 0. The maximum atomic E-state index is 13.1. The number of anilines is 1. The Morgan fingerprint density at radius 3 is 2.54 bits per heavy atom. The summed E-state index contributed by atoms with van der Waals surface area (Å²) in [5.74, 6) is -0.286. The second kappa shape index (κ2) is 7.92. The average molecular weight is 374 g/mol. The van der Waals surface area contributed by atoms with Crippen LogP contribution in [-0.2, 0) is 13.1 Å². The molecule has 2 aromatic heterocycles. The van der Waals surface area contributed by atoms with Crippen molar-refractivity contribution in [1.29, 1.82) is 0 Å². The largest absolute Gasteiger partial charge is 0.381 e. The quantitative estimate of drug-likeness (QED) is 0.535. The van der Waals surface area contributed by atoms with E-state index in [1.807, 2.05) is 47.3 Å². The molecule has 2 N–H and O–H groups in total. The molecule has 0 spiro atoms. The number of hydrogen-bond acceptors (Lipinski definition) is 3. The van der Waals surface area contributed by atoms with E-state index in [4.69, 9.17) is 0 Å². The minimum absolute atomic E-state index is 0.145. The minimum atomic E-state index is -0.286. The number of pyridine rings is 1. The lowest BCUT2D eigenvalue weighted by molar-refractivity contribution is 0.628. The first-order valence-electron chi connectivity index (χ1n) is 8.95. The van der Waals surface area contributed by atoms with E-state index < -0.39 is 0 Å². The Labute approximate surface area is 161 Å². The topological polar surface area (TPSA) is 62.7 Å². The third-order valence-corrected chi connectivity index (χ3v) is 4.50. The van der Waals surface area contributed by atoms with Crippen LogP contribution in [0.15, 0.2) is 84.0 Å². The first-order valence-corrected chi connectivity index (χ1v) is 8.95. The highest BCUT2D eigenvalue weighted by Gasteiger charge is 2.05. The first-order chi connectivity index (χ1) is 13.7. The van der Waals surface area contributed by atoms with Crippen molar-refractivity contribution in [1.82, 2.24) is 14.8 Å². The molecule has 0 saturated carbocycles. The summed E-state index contributed by atoms with van der Waals surface area (Å²) in [4.78, 5) is 14.9. The molecule has 0 amide bonds. The number of nitrogens with one attached hydrogen (secondary N) is 2. The summed E-state index contributed by atoms with van der Waals surface area (Å²) in [6, 6.07) is 17.9. The molecule has 28 heavy (non-hydrogen) atoms. The van der Waals surface area contributed by atoms with Crippen molar-refractivity contribution in [2.75, 3.05) is 5.32 Å². The maximum Gasteiger partial charge on any atom is 0.252 e. The van der Waals surface area contributed by atoms with Gasteiger partial charge in [0.1, 0.15) is 5.82 Å². The molecule has 0 fully saturated rings. The molecule has 140 valence electrons. The van der Waals surface area contributed by atoms with Gasteiger partial charge in [-0.25, -0.2) is 4.39 Å². The fourth-order valence-corrected chi connectivity index (χ4v) is 2.98. The zero-order valence-electron chi connectivity index (χ0n) is 15.1. The van der Waals surface area contributed by atoms with E-state index in [-0.39, 0.29) is 11.4 Å². The summed E-state index contributed by atoms with van der Waals surface area (Å²) in [6.07, 6.45) is 5.32. The van der Waals surface area contributed by atoms with Crippen LogP contribution in [0, 0.1) is 5.82 Å². The molecular formula is C22H19FN4O. The van der Waals surface area contributed by atoms with E-state index in [9.17, 15) is 9.18 Å². The van der Waals surface area contributed by atoms with Gasteiger partial charge in [-0.2, -0.15) is 5.10 Å². The van der Waals surface area contributed by atoms with E-state index in [2.05, 4.69) is 15.4 Å². The van der Waals surface area contributed by atoms with Gasteiger partial charge < -0.3 is 10.3 Å². The van der Waals surface area contributed by atoms with Gasteiger partial charge in [-0.15, -0.1) is 0 Å². The van der Waals surface area contributed by atoms with Crippen LogP contribution in [0.1, 0.15) is 11.1 Å². The molecule has 4 aromatic rings. The van der Waals surface area contributed by atoms with Crippen LogP contribution in [0.25, 0.3) is 11.1 Å². The molecule has 0 aliphatic heterocycles. The molecule has 0 unspecified atom stereocenters. The van der Waals surface area contributed by atoms with Gasteiger partial charge in [0.2, 0.25) is 0 Å². The first kappa shape index (κ1) is 17.7. The predicted octanol–water partition coefficient (Wildman–Crippen LogP) is 4.04. The number of aromatic amines is 1. The minimum Gasteiger partial charge on any atom is -0.381 e. The predicted molar refractivity (Wildman–Crippen MR) is 108 cm³/mol. The third kappa shape index (κ3) is 4.17. The van der Waals surface area contributed by atoms with Gasteiger partial charge >= 0.3 is 0 Å². The lowest BCUT2D eigenvalue weighted by atomic mass is 10.1. The van der Waals surface area contributed by atoms with Gasteiger partial charge in [0.05, 0.1) is 6.54 Å². The van der Waals surface area contributed by atoms with Crippen LogP contribution >= 0.6 is 0 Å². The number of halogens is 1.